The average Bonchev–Trinajstić information content (AvgIpc) is 2.92. The first-order valence-corrected chi connectivity index (χ1v) is 8.10. The van der Waals surface area contributed by atoms with E-state index in [1.165, 1.54) is 4.68 Å². The zero-order chi connectivity index (χ0) is 18.0. The van der Waals surface area contributed by atoms with Crippen molar-refractivity contribution in [3.05, 3.63) is 62.2 Å². The first kappa shape index (κ1) is 16.8. The number of hydrogen-bond donors (Lipinski definition) is 2. The molecule has 3 aromatic rings. The number of carbonyl (C=O) groups excluding carboxylic acids is 1. The Labute approximate surface area is 143 Å². The first-order chi connectivity index (χ1) is 12.0. The number of aromatic nitrogens is 3. The van der Waals surface area contributed by atoms with Crippen LogP contribution in [0.3, 0.4) is 0 Å². The van der Waals surface area contributed by atoms with Crippen LogP contribution in [0.1, 0.15) is 24.6 Å². The van der Waals surface area contributed by atoms with Gasteiger partial charge in [0.25, 0.3) is 5.56 Å². The van der Waals surface area contributed by atoms with Gasteiger partial charge in [0.05, 0.1) is 12.3 Å². The van der Waals surface area contributed by atoms with Gasteiger partial charge in [-0.25, -0.2) is 4.68 Å². The van der Waals surface area contributed by atoms with Crippen LogP contribution in [0.4, 0.5) is 0 Å². The molecule has 0 saturated carbocycles. The smallest absolute Gasteiger partial charge is 0.306 e. The number of aromatic amines is 2. The van der Waals surface area contributed by atoms with Crippen LogP contribution in [0.25, 0.3) is 16.7 Å². The van der Waals surface area contributed by atoms with E-state index in [0.717, 1.165) is 0 Å². The van der Waals surface area contributed by atoms with Crippen LogP contribution in [0, 0.1) is 6.92 Å². The molecule has 2 heterocycles. The van der Waals surface area contributed by atoms with Crippen molar-refractivity contribution in [1.82, 2.24) is 14.8 Å². The summed E-state index contributed by atoms with van der Waals surface area (Å²) < 4.78 is 6.22. The van der Waals surface area contributed by atoms with Crippen molar-refractivity contribution in [3.63, 3.8) is 0 Å². The molecule has 2 aromatic heterocycles. The maximum atomic E-state index is 12.8. The third-order valence-corrected chi connectivity index (χ3v) is 4.06. The summed E-state index contributed by atoms with van der Waals surface area (Å²) in [5.41, 5.74) is 1.30. The van der Waals surface area contributed by atoms with Gasteiger partial charge in [-0.15, -0.1) is 0 Å². The van der Waals surface area contributed by atoms with Crippen molar-refractivity contribution in [2.45, 2.75) is 26.7 Å². The number of pyridine rings is 1. The molecule has 0 atom stereocenters. The van der Waals surface area contributed by atoms with E-state index < -0.39 is 5.56 Å². The molecule has 0 aliphatic heterocycles. The molecule has 7 nitrogen and oxygen atoms in total. The number of fused-ring (bicyclic) bond motifs is 1. The second-order valence-electron chi connectivity index (χ2n) is 5.70. The number of nitrogens with one attached hydrogen (secondary N) is 2. The second kappa shape index (κ2) is 6.80. The molecule has 1 aromatic carbocycles. The zero-order valence-corrected chi connectivity index (χ0v) is 14.1. The fraction of sp³-hybridized carbons (Fsp3) is 0.278. The quantitative estimate of drug-likeness (QED) is 0.692. The Balaban J connectivity index is 2.07. The molecule has 0 fully saturated rings. The van der Waals surface area contributed by atoms with Crippen LogP contribution >= 0.6 is 0 Å². The molecule has 0 unspecified atom stereocenters. The van der Waals surface area contributed by atoms with Gasteiger partial charge in [-0.1, -0.05) is 18.2 Å². The third-order valence-electron chi connectivity index (χ3n) is 4.06. The minimum Gasteiger partial charge on any atom is -0.466 e. The van der Waals surface area contributed by atoms with E-state index in [2.05, 4.69) is 10.1 Å². The molecule has 0 amide bonds. The predicted molar refractivity (Wildman–Crippen MR) is 94.2 cm³/mol. The summed E-state index contributed by atoms with van der Waals surface area (Å²) in [5.74, 6) is -0.364. The maximum Gasteiger partial charge on any atom is 0.306 e. The molecule has 25 heavy (non-hydrogen) atoms. The molecule has 0 spiro atoms. The minimum absolute atomic E-state index is 0.0633. The first-order valence-electron chi connectivity index (χ1n) is 8.10. The summed E-state index contributed by atoms with van der Waals surface area (Å²) in [6, 6.07) is 9.02. The lowest BCUT2D eigenvalue weighted by Crippen LogP contribution is -2.21. The van der Waals surface area contributed by atoms with Crippen molar-refractivity contribution in [2.75, 3.05) is 6.61 Å². The van der Waals surface area contributed by atoms with E-state index in [1.807, 2.05) is 18.2 Å². The number of ether oxygens (including phenoxy) is 1. The SMILES string of the molecule is CCOC(=O)CCc1c(C)[nH]c2[nH]n(-c3ccccc3)c(=O)c2c1=O. The van der Waals surface area contributed by atoms with E-state index in [4.69, 9.17) is 4.74 Å². The normalized spacial score (nSPS) is 11.0. The monoisotopic (exact) mass is 341 g/mol. The number of esters is 1. The third kappa shape index (κ3) is 3.13. The molecule has 2 N–H and O–H groups in total. The van der Waals surface area contributed by atoms with Gasteiger partial charge in [-0.05, 0) is 32.4 Å². The van der Waals surface area contributed by atoms with Gasteiger partial charge in [0.1, 0.15) is 11.0 Å². The van der Waals surface area contributed by atoms with E-state index in [0.29, 0.717) is 29.2 Å². The Morgan fingerprint density at radius 1 is 1.20 bits per heavy atom. The number of hydrogen-bond acceptors (Lipinski definition) is 4. The Bertz CT molecular complexity index is 1030. The number of aryl methyl sites for hydroxylation is 1. The van der Waals surface area contributed by atoms with Gasteiger partial charge in [-0.3, -0.25) is 19.5 Å². The van der Waals surface area contributed by atoms with Crippen molar-refractivity contribution in [1.29, 1.82) is 0 Å². The number of carbonyl (C=O) groups is 1. The van der Waals surface area contributed by atoms with E-state index >= 15 is 0 Å². The summed E-state index contributed by atoms with van der Waals surface area (Å²) in [4.78, 5) is 40.1. The standard InChI is InChI=1S/C18H19N3O4/c1-3-25-14(22)10-9-13-11(2)19-17-15(16(13)23)18(24)21(20-17)12-7-5-4-6-8-12/h4-8H,3,9-10H2,1-2H3,(H2,19,20,23). The lowest BCUT2D eigenvalue weighted by molar-refractivity contribution is -0.143. The van der Waals surface area contributed by atoms with E-state index in [-0.39, 0.29) is 29.6 Å². The average molecular weight is 341 g/mol. The van der Waals surface area contributed by atoms with Crippen LogP contribution < -0.4 is 11.0 Å². The molecule has 0 bridgehead atoms. The van der Waals surface area contributed by atoms with Gasteiger partial charge < -0.3 is 9.72 Å². The molecule has 0 aliphatic rings. The molecule has 0 aliphatic carbocycles. The summed E-state index contributed by atoms with van der Waals surface area (Å²) in [7, 11) is 0. The Morgan fingerprint density at radius 3 is 2.60 bits per heavy atom. The van der Waals surface area contributed by atoms with Gasteiger partial charge >= 0.3 is 5.97 Å². The number of benzene rings is 1. The van der Waals surface area contributed by atoms with E-state index in [1.54, 1.807) is 26.0 Å². The Hall–Kier alpha value is -3.09. The van der Waals surface area contributed by atoms with Crippen molar-refractivity contribution in [3.8, 4) is 5.69 Å². The Morgan fingerprint density at radius 2 is 1.92 bits per heavy atom. The number of nitrogens with zero attached hydrogens (tertiary/aromatic N) is 1. The maximum absolute atomic E-state index is 12.8. The largest absolute Gasteiger partial charge is 0.466 e. The Kier molecular flexibility index (Phi) is 4.56. The molecule has 0 saturated heterocycles. The molecular formula is C18H19N3O4. The van der Waals surface area contributed by atoms with E-state index in [9.17, 15) is 14.4 Å². The van der Waals surface area contributed by atoms with Crippen LogP contribution in [-0.2, 0) is 16.0 Å². The molecular weight excluding hydrogens is 322 g/mol. The molecule has 130 valence electrons. The number of para-hydroxylation sites is 1. The van der Waals surface area contributed by atoms with Crippen LogP contribution in [0.15, 0.2) is 39.9 Å². The molecule has 0 radical (unpaired) electrons. The van der Waals surface area contributed by atoms with Crippen LogP contribution in [0.2, 0.25) is 0 Å². The van der Waals surface area contributed by atoms with Crippen LogP contribution in [-0.4, -0.2) is 27.3 Å². The van der Waals surface area contributed by atoms with Gasteiger partial charge in [-0.2, -0.15) is 0 Å². The summed E-state index contributed by atoms with van der Waals surface area (Å²) >= 11 is 0. The lowest BCUT2D eigenvalue weighted by Gasteiger charge is -2.05. The fourth-order valence-corrected chi connectivity index (χ4v) is 2.84. The highest BCUT2D eigenvalue weighted by Gasteiger charge is 2.17. The predicted octanol–water partition coefficient (Wildman–Crippen LogP) is 1.81. The summed E-state index contributed by atoms with van der Waals surface area (Å²) in [6.45, 7) is 3.78. The van der Waals surface area contributed by atoms with Gasteiger partial charge in [0, 0.05) is 17.7 Å². The lowest BCUT2D eigenvalue weighted by atomic mass is 10.1. The van der Waals surface area contributed by atoms with Crippen molar-refractivity contribution in [2.24, 2.45) is 0 Å². The second-order valence-corrected chi connectivity index (χ2v) is 5.70. The fourth-order valence-electron chi connectivity index (χ4n) is 2.84. The van der Waals surface area contributed by atoms with Crippen LogP contribution in [0.5, 0.6) is 0 Å². The number of H-pyrrole nitrogens is 2. The highest BCUT2D eigenvalue weighted by atomic mass is 16.5. The zero-order valence-electron chi connectivity index (χ0n) is 14.1. The number of rotatable bonds is 5. The van der Waals surface area contributed by atoms with Gasteiger partial charge in [0.15, 0.2) is 5.43 Å². The summed E-state index contributed by atoms with van der Waals surface area (Å²) in [5, 5.41) is 2.99. The van der Waals surface area contributed by atoms with Gasteiger partial charge in [0.2, 0.25) is 0 Å². The topological polar surface area (TPSA) is 96.9 Å². The van der Waals surface area contributed by atoms with Crippen molar-refractivity contribution < 1.29 is 9.53 Å². The van der Waals surface area contributed by atoms with Crippen molar-refractivity contribution >= 4 is 17.0 Å². The molecule has 7 heteroatoms. The molecule has 3 rings (SSSR count). The highest BCUT2D eigenvalue weighted by molar-refractivity contribution is 5.76. The highest BCUT2D eigenvalue weighted by Crippen LogP contribution is 2.11. The summed E-state index contributed by atoms with van der Waals surface area (Å²) in [6.07, 6.45) is 0.326. The minimum atomic E-state index is -0.417.